The molecule has 2 aliphatic rings. The van der Waals surface area contributed by atoms with Gasteiger partial charge in [0.05, 0.1) is 18.9 Å². The van der Waals surface area contributed by atoms with Gasteiger partial charge in [0.25, 0.3) is 0 Å². The first kappa shape index (κ1) is 18.1. The zero-order valence-electron chi connectivity index (χ0n) is 14.9. The van der Waals surface area contributed by atoms with Gasteiger partial charge in [-0.25, -0.2) is 4.39 Å². The third kappa shape index (κ3) is 3.87. The van der Waals surface area contributed by atoms with Crippen molar-refractivity contribution in [1.82, 2.24) is 0 Å². The van der Waals surface area contributed by atoms with E-state index >= 15 is 0 Å². The molecule has 27 heavy (non-hydrogen) atoms. The maximum Gasteiger partial charge on any atom is 0.224 e. The average molecular weight is 390 g/mol. The van der Waals surface area contributed by atoms with Gasteiger partial charge in [-0.05, 0) is 36.2 Å². The summed E-state index contributed by atoms with van der Waals surface area (Å²) in [6.45, 7) is 3.39. The molecule has 7 heteroatoms. The van der Waals surface area contributed by atoms with E-state index in [1.807, 2.05) is 18.2 Å². The van der Waals surface area contributed by atoms with Gasteiger partial charge in [0.2, 0.25) is 5.91 Å². The Morgan fingerprint density at radius 2 is 2.04 bits per heavy atom. The molecule has 0 spiro atoms. The largest absolute Gasteiger partial charge is 0.378 e. The highest BCUT2D eigenvalue weighted by Gasteiger charge is 2.19. The van der Waals surface area contributed by atoms with E-state index in [4.69, 9.17) is 16.3 Å². The standard InChI is InChI=1S/C20H21ClFN3O2/c21-15-2-1-3-19(25-6-8-27-9-7-25)14(15)12-23-18-10-13-4-5-20(26)24-17(13)11-16(18)22/h1-3,10-11,23H,4-9,12H2,(H,24,26). The summed E-state index contributed by atoms with van der Waals surface area (Å²) in [5.74, 6) is -0.468. The van der Waals surface area contributed by atoms with Crippen molar-refractivity contribution in [2.45, 2.75) is 19.4 Å². The molecule has 2 heterocycles. The van der Waals surface area contributed by atoms with Gasteiger partial charge in [-0.15, -0.1) is 0 Å². The smallest absolute Gasteiger partial charge is 0.224 e. The van der Waals surface area contributed by atoms with Crippen molar-refractivity contribution >= 4 is 34.6 Å². The predicted molar refractivity (Wildman–Crippen MR) is 105 cm³/mol. The monoisotopic (exact) mass is 389 g/mol. The quantitative estimate of drug-likeness (QED) is 0.834. The van der Waals surface area contributed by atoms with Crippen molar-refractivity contribution in [2.75, 3.05) is 41.8 Å². The molecule has 0 aromatic heterocycles. The van der Waals surface area contributed by atoms with Gasteiger partial charge in [0, 0.05) is 48.0 Å². The number of amides is 1. The lowest BCUT2D eigenvalue weighted by molar-refractivity contribution is -0.116. The first-order chi connectivity index (χ1) is 13.1. The first-order valence-electron chi connectivity index (χ1n) is 9.08. The molecular weight excluding hydrogens is 369 g/mol. The van der Waals surface area contributed by atoms with Gasteiger partial charge in [-0.3, -0.25) is 4.79 Å². The highest BCUT2D eigenvalue weighted by atomic mass is 35.5. The van der Waals surface area contributed by atoms with Crippen LogP contribution in [0, 0.1) is 5.82 Å². The number of ether oxygens (including phenoxy) is 1. The number of nitrogens with one attached hydrogen (secondary N) is 2. The number of benzene rings is 2. The molecule has 0 bridgehead atoms. The summed E-state index contributed by atoms with van der Waals surface area (Å²) < 4.78 is 19.9. The molecule has 1 saturated heterocycles. The van der Waals surface area contributed by atoms with Crippen LogP contribution in [-0.2, 0) is 22.5 Å². The van der Waals surface area contributed by atoms with Gasteiger partial charge in [0.1, 0.15) is 5.82 Å². The highest BCUT2D eigenvalue weighted by Crippen LogP contribution is 2.32. The van der Waals surface area contributed by atoms with Gasteiger partial charge in [-0.1, -0.05) is 17.7 Å². The van der Waals surface area contributed by atoms with Crippen molar-refractivity contribution < 1.29 is 13.9 Å². The molecule has 0 aliphatic carbocycles. The Kier molecular flexibility index (Phi) is 5.18. The molecule has 0 radical (unpaired) electrons. The minimum absolute atomic E-state index is 0.0752. The minimum Gasteiger partial charge on any atom is -0.378 e. The Morgan fingerprint density at radius 1 is 1.22 bits per heavy atom. The summed E-state index contributed by atoms with van der Waals surface area (Å²) in [4.78, 5) is 13.7. The van der Waals surface area contributed by atoms with Crippen molar-refractivity contribution in [3.8, 4) is 0 Å². The van der Waals surface area contributed by atoms with E-state index in [1.165, 1.54) is 6.07 Å². The Morgan fingerprint density at radius 3 is 2.85 bits per heavy atom. The van der Waals surface area contributed by atoms with Crippen LogP contribution in [0.3, 0.4) is 0 Å². The van der Waals surface area contributed by atoms with Crippen molar-refractivity contribution in [3.63, 3.8) is 0 Å². The van der Waals surface area contributed by atoms with Crippen molar-refractivity contribution in [2.24, 2.45) is 0 Å². The number of carbonyl (C=O) groups excluding carboxylic acids is 1. The van der Waals surface area contributed by atoms with E-state index in [0.29, 0.717) is 49.0 Å². The number of morpholine rings is 1. The van der Waals surface area contributed by atoms with Gasteiger partial charge in [-0.2, -0.15) is 0 Å². The predicted octanol–water partition coefficient (Wildman–Crippen LogP) is 3.81. The Bertz CT molecular complexity index is 869. The van der Waals surface area contributed by atoms with E-state index in [0.717, 1.165) is 29.9 Å². The lowest BCUT2D eigenvalue weighted by Crippen LogP contribution is -2.37. The number of hydrogen-bond acceptors (Lipinski definition) is 4. The molecule has 2 aliphatic heterocycles. The molecule has 5 nitrogen and oxygen atoms in total. The van der Waals surface area contributed by atoms with Crippen LogP contribution in [-0.4, -0.2) is 32.2 Å². The maximum absolute atomic E-state index is 14.5. The number of anilines is 3. The number of nitrogens with zero attached hydrogens (tertiary/aromatic N) is 1. The third-order valence-electron chi connectivity index (χ3n) is 4.99. The van der Waals surface area contributed by atoms with Crippen LogP contribution in [0.1, 0.15) is 17.5 Å². The zero-order chi connectivity index (χ0) is 18.8. The van der Waals surface area contributed by atoms with Crippen LogP contribution >= 0.6 is 11.6 Å². The van der Waals surface area contributed by atoms with Crippen LogP contribution in [0.25, 0.3) is 0 Å². The molecule has 2 aromatic rings. The molecule has 0 atom stereocenters. The van der Waals surface area contributed by atoms with Gasteiger partial charge in [0.15, 0.2) is 0 Å². The second-order valence-corrected chi connectivity index (χ2v) is 7.14. The summed E-state index contributed by atoms with van der Waals surface area (Å²) in [6, 6.07) is 8.96. The second kappa shape index (κ2) is 7.74. The fourth-order valence-electron chi connectivity index (χ4n) is 3.54. The summed E-state index contributed by atoms with van der Waals surface area (Å²) in [6.07, 6.45) is 1.03. The molecule has 1 fully saturated rings. The van der Waals surface area contributed by atoms with Crippen LogP contribution in [0.2, 0.25) is 5.02 Å². The number of carbonyl (C=O) groups is 1. The van der Waals surface area contributed by atoms with Crippen molar-refractivity contribution in [3.05, 3.63) is 52.3 Å². The molecule has 1 amide bonds. The summed E-state index contributed by atoms with van der Waals surface area (Å²) >= 11 is 6.45. The van der Waals surface area contributed by atoms with Gasteiger partial charge < -0.3 is 20.3 Å². The molecule has 4 rings (SSSR count). The van der Waals surface area contributed by atoms with Gasteiger partial charge >= 0.3 is 0 Å². The topological polar surface area (TPSA) is 53.6 Å². The average Bonchev–Trinajstić information content (AvgIpc) is 2.67. The van der Waals surface area contributed by atoms with E-state index in [1.54, 1.807) is 6.07 Å². The third-order valence-corrected chi connectivity index (χ3v) is 5.34. The SMILES string of the molecule is O=C1CCc2cc(NCc3c(Cl)cccc3N3CCOCC3)c(F)cc2N1. The number of fused-ring (bicyclic) bond motifs is 1. The maximum atomic E-state index is 14.5. The lowest BCUT2D eigenvalue weighted by Gasteiger charge is -2.31. The van der Waals surface area contributed by atoms with E-state index in [2.05, 4.69) is 15.5 Å². The summed E-state index contributed by atoms with van der Waals surface area (Å²) in [5.41, 5.74) is 3.89. The second-order valence-electron chi connectivity index (χ2n) is 6.73. The number of aryl methyl sites for hydroxylation is 1. The highest BCUT2D eigenvalue weighted by molar-refractivity contribution is 6.31. The first-order valence-corrected chi connectivity index (χ1v) is 9.46. The molecule has 0 unspecified atom stereocenters. The van der Waals surface area contributed by atoms with E-state index in [9.17, 15) is 9.18 Å². The minimum atomic E-state index is -0.393. The van der Waals surface area contributed by atoms with Crippen LogP contribution in [0.5, 0.6) is 0 Å². The van der Waals surface area contributed by atoms with Crippen LogP contribution in [0.15, 0.2) is 30.3 Å². The Hall–Kier alpha value is -2.31. The van der Waals surface area contributed by atoms with Crippen molar-refractivity contribution in [1.29, 1.82) is 0 Å². The molecular formula is C20H21ClFN3O2. The lowest BCUT2D eigenvalue weighted by atomic mass is 10.0. The molecule has 142 valence electrons. The molecule has 2 aromatic carbocycles. The molecule has 0 saturated carbocycles. The summed E-state index contributed by atoms with van der Waals surface area (Å²) in [7, 11) is 0. The number of halogens is 2. The van der Waals surface area contributed by atoms with Crippen LogP contribution < -0.4 is 15.5 Å². The van der Waals surface area contributed by atoms with Crippen LogP contribution in [0.4, 0.5) is 21.5 Å². The fraction of sp³-hybridized carbons (Fsp3) is 0.350. The fourth-order valence-corrected chi connectivity index (χ4v) is 3.78. The Balaban J connectivity index is 1.56. The van der Waals surface area contributed by atoms with E-state index in [-0.39, 0.29) is 5.91 Å². The van der Waals surface area contributed by atoms with E-state index < -0.39 is 5.82 Å². The molecule has 2 N–H and O–H groups in total. The number of rotatable bonds is 4. The Labute approximate surface area is 162 Å². The zero-order valence-corrected chi connectivity index (χ0v) is 15.6. The number of hydrogen-bond donors (Lipinski definition) is 2. The summed E-state index contributed by atoms with van der Waals surface area (Å²) in [5, 5.41) is 6.55. The normalized spacial score (nSPS) is 16.7.